The maximum absolute atomic E-state index is 11.9. The summed E-state index contributed by atoms with van der Waals surface area (Å²) in [6, 6.07) is 14.7. The molecule has 5 rings (SSSR count). The van der Waals surface area contributed by atoms with Gasteiger partial charge in [0.1, 0.15) is 0 Å². The molecule has 8 heteroatoms. The van der Waals surface area contributed by atoms with E-state index in [4.69, 9.17) is 4.98 Å². The molecule has 2 saturated heterocycles. The molecule has 2 aromatic carbocycles. The van der Waals surface area contributed by atoms with Crippen molar-refractivity contribution in [2.24, 2.45) is 0 Å². The first-order chi connectivity index (χ1) is 16.6. The molecule has 2 aliphatic heterocycles. The molecule has 1 aromatic heterocycles. The molecule has 0 spiro atoms. The highest BCUT2D eigenvalue weighted by atomic mass is 32.2. The van der Waals surface area contributed by atoms with E-state index in [2.05, 4.69) is 51.3 Å². The van der Waals surface area contributed by atoms with Crippen LogP contribution < -0.4 is 10.2 Å². The number of nitrogens with zero attached hydrogens (tertiary/aromatic N) is 4. The summed E-state index contributed by atoms with van der Waals surface area (Å²) in [6.07, 6.45) is 5.83. The number of thioether (sulfide) groups is 1. The summed E-state index contributed by atoms with van der Waals surface area (Å²) < 4.78 is 0. The number of anilines is 1. The van der Waals surface area contributed by atoms with Gasteiger partial charge in [0.2, 0.25) is 0 Å². The number of piperazine rings is 1. The number of hydrogen-bond donors (Lipinski definition) is 1. The van der Waals surface area contributed by atoms with Gasteiger partial charge in [-0.15, -0.1) is 0 Å². The molecule has 0 unspecified atom stereocenters. The average molecular weight is 474 g/mol. The zero-order valence-corrected chi connectivity index (χ0v) is 20.0. The van der Waals surface area contributed by atoms with E-state index in [0.29, 0.717) is 10.7 Å². The summed E-state index contributed by atoms with van der Waals surface area (Å²) in [6.45, 7) is 7.77. The van der Waals surface area contributed by atoms with Crippen molar-refractivity contribution < 1.29 is 9.59 Å². The lowest BCUT2D eigenvalue weighted by atomic mass is 10.0. The largest absolute Gasteiger partial charge is 0.369 e. The van der Waals surface area contributed by atoms with Gasteiger partial charge in [-0.1, -0.05) is 43.7 Å². The molecule has 2 amide bonds. The highest BCUT2D eigenvalue weighted by Crippen LogP contribution is 2.30. The molecule has 3 aromatic rings. The number of fused-ring (bicyclic) bond motifs is 1. The van der Waals surface area contributed by atoms with Crippen molar-refractivity contribution in [3.63, 3.8) is 0 Å². The van der Waals surface area contributed by atoms with Crippen LogP contribution in [0.1, 0.15) is 25.6 Å². The zero-order valence-electron chi connectivity index (χ0n) is 19.2. The van der Waals surface area contributed by atoms with Crippen molar-refractivity contribution in [1.82, 2.24) is 20.2 Å². The third-order valence-corrected chi connectivity index (χ3v) is 7.09. The maximum atomic E-state index is 11.9. The van der Waals surface area contributed by atoms with Crippen molar-refractivity contribution in [2.45, 2.75) is 19.8 Å². The Balaban J connectivity index is 1.37. The number of aromatic nitrogens is 2. The first-order valence-corrected chi connectivity index (χ1v) is 12.5. The highest BCUT2D eigenvalue weighted by Gasteiger charge is 2.25. The number of imide groups is 1. The van der Waals surface area contributed by atoms with Gasteiger partial charge in [0.25, 0.3) is 11.1 Å². The summed E-state index contributed by atoms with van der Waals surface area (Å²) >= 11 is 0.867. The summed E-state index contributed by atoms with van der Waals surface area (Å²) in [5.41, 5.74) is 4.15. The molecular formula is C26H27N5O2S. The van der Waals surface area contributed by atoms with Crippen LogP contribution in [0.3, 0.4) is 0 Å². The Labute approximate surface area is 203 Å². The van der Waals surface area contributed by atoms with E-state index in [-0.39, 0.29) is 5.24 Å². The first kappa shape index (κ1) is 22.6. The lowest BCUT2D eigenvalue weighted by molar-refractivity contribution is -0.115. The molecule has 34 heavy (non-hydrogen) atoms. The number of amides is 2. The van der Waals surface area contributed by atoms with Crippen LogP contribution >= 0.6 is 11.8 Å². The summed E-state index contributed by atoms with van der Waals surface area (Å²) in [5.74, 6) is -0.00127. The van der Waals surface area contributed by atoms with Crippen LogP contribution in [0.15, 0.2) is 53.6 Å². The van der Waals surface area contributed by atoms with Crippen molar-refractivity contribution >= 4 is 45.6 Å². The molecule has 174 valence electrons. The Kier molecular flexibility index (Phi) is 6.60. The van der Waals surface area contributed by atoms with E-state index >= 15 is 0 Å². The topological polar surface area (TPSA) is 78.4 Å². The standard InChI is InChI=1S/C26H27N5O2S/c1-2-3-11-30-12-14-31(15-13-30)20-9-7-18(8-10-20)21-6-4-5-19-17-27-23(28-24(19)21)16-22-25(32)29-26(33)34-22/h4-10,16-17H,2-3,11-15H2,1H3,(H,29,32,33). The molecule has 2 fully saturated rings. The van der Waals surface area contributed by atoms with Crippen molar-refractivity contribution in [3.05, 3.63) is 59.4 Å². The molecule has 1 N–H and O–H groups in total. The minimum absolute atomic E-state index is 0.306. The van der Waals surface area contributed by atoms with E-state index in [1.165, 1.54) is 25.1 Å². The first-order valence-electron chi connectivity index (χ1n) is 11.7. The van der Waals surface area contributed by atoms with E-state index in [1.54, 1.807) is 12.3 Å². The molecular weight excluding hydrogens is 446 g/mol. The van der Waals surface area contributed by atoms with Crippen molar-refractivity contribution in [2.75, 3.05) is 37.6 Å². The van der Waals surface area contributed by atoms with Crippen LogP contribution in [0.5, 0.6) is 0 Å². The number of rotatable bonds is 6. The van der Waals surface area contributed by atoms with Crippen LogP contribution in [0.25, 0.3) is 28.1 Å². The second-order valence-corrected chi connectivity index (χ2v) is 9.57. The molecule has 0 atom stereocenters. The van der Waals surface area contributed by atoms with Crippen molar-refractivity contribution in [3.8, 4) is 11.1 Å². The molecule has 0 saturated carbocycles. The molecule has 0 radical (unpaired) electrons. The quantitative estimate of drug-likeness (QED) is 0.527. The average Bonchev–Trinajstić information content (AvgIpc) is 3.19. The number of carbonyl (C=O) groups excluding carboxylic acids is 2. The molecule has 3 heterocycles. The second kappa shape index (κ2) is 9.95. The normalized spacial score (nSPS) is 18.1. The Morgan fingerprint density at radius 3 is 2.56 bits per heavy atom. The van der Waals surface area contributed by atoms with Gasteiger partial charge >= 0.3 is 0 Å². The Hall–Kier alpha value is -3.23. The van der Waals surface area contributed by atoms with Crippen molar-refractivity contribution in [1.29, 1.82) is 0 Å². The van der Waals surface area contributed by atoms with Crippen LogP contribution in [0.4, 0.5) is 10.5 Å². The predicted molar refractivity (Wildman–Crippen MR) is 138 cm³/mol. The van der Waals surface area contributed by atoms with Crippen LogP contribution in [0.2, 0.25) is 0 Å². The summed E-state index contributed by atoms with van der Waals surface area (Å²) in [7, 11) is 0. The van der Waals surface area contributed by atoms with E-state index in [0.717, 1.165) is 60.0 Å². The van der Waals surface area contributed by atoms with E-state index < -0.39 is 5.91 Å². The van der Waals surface area contributed by atoms with Crippen LogP contribution in [-0.2, 0) is 4.79 Å². The number of para-hydroxylation sites is 1. The number of benzene rings is 2. The van der Waals surface area contributed by atoms with Gasteiger partial charge in [-0.05, 0) is 42.4 Å². The fourth-order valence-corrected chi connectivity index (χ4v) is 5.02. The maximum Gasteiger partial charge on any atom is 0.290 e. The van der Waals surface area contributed by atoms with Gasteiger partial charge in [0.15, 0.2) is 5.82 Å². The van der Waals surface area contributed by atoms with Gasteiger partial charge < -0.3 is 4.90 Å². The second-order valence-electron chi connectivity index (χ2n) is 8.55. The minimum Gasteiger partial charge on any atom is -0.369 e. The SMILES string of the molecule is CCCCN1CCN(c2ccc(-c3cccc4cnc(C=C5SC(=O)NC5=O)nc34)cc2)CC1. The minimum atomic E-state index is -0.409. The molecule has 0 bridgehead atoms. The fraction of sp³-hybridized carbons (Fsp3) is 0.308. The zero-order chi connectivity index (χ0) is 23.5. The van der Waals surface area contributed by atoms with Gasteiger partial charge in [0.05, 0.1) is 10.4 Å². The Bertz CT molecular complexity index is 1250. The van der Waals surface area contributed by atoms with E-state index in [1.807, 2.05) is 18.2 Å². The van der Waals surface area contributed by atoms with Gasteiger partial charge in [-0.2, -0.15) is 0 Å². The smallest absolute Gasteiger partial charge is 0.290 e. The molecule has 0 aliphatic carbocycles. The van der Waals surface area contributed by atoms with Gasteiger partial charge in [-0.25, -0.2) is 9.97 Å². The van der Waals surface area contributed by atoms with E-state index in [9.17, 15) is 9.59 Å². The van der Waals surface area contributed by atoms with Crippen LogP contribution in [0, 0.1) is 0 Å². The summed E-state index contributed by atoms with van der Waals surface area (Å²) in [5, 5.41) is 2.81. The predicted octanol–water partition coefficient (Wildman–Crippen LogP) is 4.54. The fourth-order valence-electron chi connectivity index (χ4n) is 4.37. The molecule has 7 nitrogen and oxygen atoms in total. The third-order valence-electron chi connectivity index (χ3n) is 6.28. The lowest BCUT2D eigenvalue weighted by Crippen LogP contribution is -2.46. The highest BCUT2D eigenvalue weighted by molar-refractivity contribution is 8.18. The number of hydrogen-bond acceptors (Lipinski definition) is 7. The van der Waals surface area contributed by atoms with Crippen LogP contribution in [-0.4, -0.2) is 58.7 Å². The number of carbonyl (C=O) groups is 2. The van der Waals surface area contributed by atoms with Gasteiger partial charge in [-0.3, -0.25) is 19.8 Å². The lowest BCUT2D eigenvalue weighted by Gasteiger charge is -2.36. The number of unbranched alkanes of at least 4 members (excludes halogenated alkanes) is 1. The Morgan fingerprint density at radius 2 is 1.85 bits per heavy atom. The number of nitrogens with one attached hydrogen (secondary N) is 1. The monoisotopic (exact) mass is 473 g/mol. The molecule has 2 aliphatic rings. The Morgan fingerprint density at radius 1 is 1.06 bits per heavy atom. The summed E-state index contributed by atoms with van der Waals surface area (Å²) in [4.78, 5) is 37.7. The third kappa shape index (κ3) is 4.83. The van der Waals surface area contributed by atoms with Gasteiger partial charge in [0, 0.05) is 55.1 Å².